The molecule has 0 aromatic heterocycles. The molecular formula is C21H10F30O8Yb. The van der Waals surface area contributed by atoms with Crippen molar-refractivity contribution >= 4 is 17.3 Å². The summed E-state index contributed by atoms with van der Waals surface area (Å²) >= 11 is 0. The fraction of sp³-hybridized carbons (Fsp3) is 0.571. The fourth-order valence-electron chi connectivity index (χ4n) is 1.89. The summed E-state index contributed by atoms with van der Waals surface area (Å²) in [4.78, 5) is 31.0. The molecule has 0 saturated heterocycles. The van der Waals surface area contributed by atoms with E-state index in [1.807, 2.05) is 0 Å². The first-order valence-corrected chi connectivity index (χ1v) is 11.7. The van der Waals surface area contributed by atoms with Crippen LogP contribution in [0.3, 0.4) is 0 Å². The fourth-order valence-corrected chi connectivity index (χ4v) is 1.89. The van der Waals surface area contributed by atoms with Crippen LogP contribution in [0.15, 0.2) is 35.5 Å². The molecule has 0 fully saturated rings. The van der Waals surface area contributed by atoms with Crippen molar-refractivity contribution in [2.24, 2.45) is 0 Å². The number of carbonyl (C=O) groups is 3. The van der Waals surface area contributed by atoms with E-state index in [1.54, 1.807) is 0 Å². The van der Waals surface area contributed by atoms with Crippen molar-refractivity contribution in [3.05, 3.63) is 35.5 Å². The Morgan fingerprint density at radius 2 is 0.417 bits per heavy atom. The molecule has 0 saturated carbocycles. The van der Waals surface area contributed by atoms with Gasteiger partial charge in [-0.2, -0.15) is 132 Å². The summed E-state index contributed by atoms with van der Waals surface area (Å²) in [5.74, 6) is -59.9. The minimum atomic E-state index is -6.89. The second-order valence-electron chi connectivity index (χ2n) is 9.11. The maximum absolute atomic E-state index is 12.5. The standard InChI is InChI=1S/3C7H2F10O2.2H2O.Yb/c3*8-4(9,6(13,14)7(15,16)17)2(18)1-3(19)5(10,11)12;;;/h3*1,19H;2*1H2;/b3*3-1-;;;. The monoisotopic (exact) mass is 1130 g/mol. The van der Waals surface area contributed by atoms with Crippen LogP contribution in [-0.4, -0.2) is 116 Å². The van der Waals surface area contributed by atoms with E-state index in [2.05, 4.69) is 0 Å². The zero-order valence-corrected chi connectivity index (χ0v) is 27.6. The molecule has 7 N–H and O–H groups in total. The number of halogens is 30. The Kier molecular flexibility index (Phi) is 23.9. The third-order valence-corrected chi connectivity index (χ3v) is 4.85. The Labute approximate surface area is 344 Å². The van der Waals surface area contributed by atoms with Crippen LogP contribution in [0.4, 0.5) is 132 Å². The molecule has 8 nitrogen and oxygen atoms in total. The molecule has 0 heterocycles. The van der Waals surface area contributed by atoms with Gasteiger partial charge in [0.15, 0.2) is 0 Å². The molecule has 0 atom stereocenters. The van der Waals surface area contributed by atoms with E-state index < -0.39 is 125 Å². The van der Waals surface area contributed by atoms with Crippen LogP contribution in [0.25, 0.3) is 0 Å². The molecule has 39 heteroatoms. The van der Waals surface area contributed by atoms with Crippen LogP contribution in [0.1, 0.15) is 0 Å². The van der Waals surface area contributed by atoms with Gasteiger partial charge < -0.3 is 26.3 Å². The van der Waals surface area contributed by atoms with Gasteiger partial charge in [0.1, 0.15) is 0 Å². The van der Waals surface area contributed by atoms with Crippen LogP contribution in [0.2, 0.25) is 0 Å². The molecule has 0 amide bonds. The molecule has 0 radical (unpaired) electrons. The van der Waals surface area contributed by atoms with Gasteiger partial charge in [0, 0.05) is 65.2 Å². The summed E-state index contributed by atoms with van der Waals surface area (Å²) in [6.07, 6.45) is -42.2. The van der Waals surface area contributed by atoms with Crippen LogP contribution >= 0.6 is 0 Å². The molecule has 0 aliphatic carbocycles. The van der Waals surface area contributed by atoms with Crippen molar-refractivity contribution in [2.75, 3.05) is 0 Å². The molecule has 366 valence electrons. The van der Waals surface area contributed by atoms with E-state index in [0.29, 0.717) is 0 Å². The van der Waals surface area contributed by atoms with Gasteiger partial charge in [-0.15, -0.1) is 0 Å². The molecular weight excluding hydrogens is 1120 g/mol. The number of carbonyl (C=O) groups excluding carboxylic acids is 3. The van der Waals surface area contributed by atoms with E-state index in [4.69, 9.17) is 15.3 Å². The van der Waals surface area contributed by atoms with Crippen LogP contribution < -0.4 is 0 Å². The van der Waals surface area contributed by atoms with E-state index in [9.17, 15) is 146 Å². The van der Waals surface area contributed by atoms with E-state index in [1.165, 1.54) is 0 Å². The molecule has 0 aliphatic heterocycles. The maximum Gasteiger partial charge on any atom is 0.460 e. The average molecular weight is 1130 g/mol. The number of aliphatic hydroxyl groups excluding tert-OH is 3. The first-order valence-electron chi connectivity index (χ1n) is 11.7. The van der Waals surface area contributed by atoms with Crippen molar-refractivity contribution in [1.82, 2.24) is 0 Å². The van der Waals surface area contributed by atoms with Gasteiger partial charge in [-0.25, -0.2) is 0 Å². The third-order valence-electron chi connectivity index (χ3n) is 4.85. The molecule has 0 rings (SSSR count). The average Bonchev–Trinajstić information content (AvgIpc) is 2.93. The van der Waals surface area contributed by atoms with Crippen molar-refractivity contribution in [1.29, 1.82) is 0 Å². The first kappa shape index (κ1) is 68.7. The predicted molar refractivity (Wildman–Crippen MR) is 120 cm³/mol. The molecule has 0 aliphatic rings. The Balaban J connectivity index is -0.000000178. The van der Waals surface area contributed by atoms with Crippen molar-refractivity contribution in [3.8, 4) is 0 Å². The normalized spacial score (nSPS) is 14.8. The zero-order valence-electron chi connectivity index (χ0n) is 25.9. The minimum absolute atomic E-state index is 0. The number of allylic oxidation sites excluding steroid dienone is 6. The van der Waals surface area contributed by atoms with Crippen LogP contribution in [0.5, 0.6) is 0 Å². The van der Waals surface area contributed by atoms with E-state index in [0.717, 1.165) is 0 Å². The molecule has 60 heavy (non-hydrogen) atoms. The Hall–Kier alpha value is -3.03. The SMILES string of the molecule is O.O.O=C(/C=C(\O)C(F)(F)F)C(F)(F)C(F)(F)C(F)(F)F.O=C(/C=C(\O)C(F)(F)F)C(F)(F)C(F)(F)C(F)(F)F.O=C(/C=C(\O)C(F)(F)F)C(F)(F)C(F)(F)C(F)(F)F.[Yb]. The van der Waals surface area contributed by atoms with Gasteiger partial charge in [-0.05, 0) is 0 Å². The van der Waals surface area contributed by atoms with Crippen molar-refractivity contribution in [3.63, 3.8) is 0 Å². The first-order chi connectivity index (χ1) is 24.1. The van der Waals surface area contributed by atoms with Gasteiger partial charge in [-0.3, -0.25) is 14.4 Å². The summed E-state index contributed by atoms with van der Waals surface area (Å²) in [5.41, 5.74) is 0. The zero-order chi connectivity index (χ0) is 47.6. The summed E-state index contributed by atoms with van der Waals surface area (Å²) in [5, 5.41) is 24.1. The van der Waals surface area contributed by atoms with E-state index in [-0.39, 0.29) is 57.9 Å². The molecule has 0 unspecified atom stereocenters. The second-order valence-corrected chi connectivity index (χ2v) is 9.11. The Morgan fingerprint density at radius 3 is 0.500 bits per heavy atom. The number of ketones is 3. The number of rotatable bonds is 9. The van der Waals surface area contributed by atoms with Crippen molar-refractivity contribution in [2.45, 2.75) is 72.6 Å². The summed E-state index contributed by atoms with van der Waals surface area (Å²) in [6, 6.07) is 0. The van der Waals surface area contributed by atoms with Gasteiger partial charge >= 0.3 is 72.6 Å². The number of alkyl halides is 30. The molecule has 0 spiro atoms. The van der Waals surface area contributed by atoms with Gasteiger partial charge in [0.25, 0.3) is 0 Å². The molecule has 0 bridgehead atoms. The second kappa shape index (κ2) is 20.9. The number of aliphatic hydroxyl groups is 3. The Morgan fingerprint density at radius 1 is 0.300 bits per heavy atom. The number of hydrogen-bond acceptors (Lipinski definition) is 6. The Bertz CT molecular complexity index is 1360. The number of hydrogen-bond donors (Lipinski definition) is 3. The summed E-state index contributed by atoms with van der Waals surface area (Å²) in [7, 11) is 0. The molecule has 0 aromatic rings. The topological polar surface area (TPSA) is 175 Å². The van der Waals surface area contributed by atoms with Crippen molar-refractivity contribution < 1.29 is 219 Å². The third kappa shape index (κ3) is 16.3. The van der Waals surface area contributed by atoms with Crippen LogP contribution in [-0.2, 0) is 14.4 Å². The minimum Gasteiger partial charge on any atom is -0.504 e. The van der Waals surface area contributed by atoms with Gasteiger partial charge in [0.2, 0.25) is 34.6 Å². The quantitative estimate of drug-likeness (QED) is 0.119. The van der Waals surface area contributed by atoms with E-state index >= 15 is 0 Å². The molecule has 0 aromatic carbocycles. The van der Waals surface area contributed by atoms with Gasteiger partial charge in [0.05, 0.1) is 0 Å². The van der Waals surface area contributed by atoms with Crippen LogP contribution in [0, 0.1) is 46.9 Å². The maximum atomic E-state index is 12.5. The summed E-state index contributed by atoms with van der Waals surface area (Å²) in [6.45, 7) is 0. The predicted octanol–water partition coefficient (Wildman–Crippen LogP) is 8.53. The smallest absolute Gasteiger partial charge is 0.460 e. The summed E-state index contributed by atoms with van der Waals surface area (Å²) < 4.78 is 357. The largest absolute Gasteiger partial charge is 0.504 e. The van der Waals surface area contributed by atoms with Gasteiger partial charge in [-0.1, -0.05) is 0 Å².